The van der Waals surface area contributed by atoms with Gasteiger partial charge in [-0.3, -0.25) is 4.79 Å². The topological polar surface area (TPSA) is 94.0 Å². The molecule has 1 fully saturated rings. The first kappa shape index (κ1) is 18.9. The zero-order chi connectivity index (χ0) is 18.8. The summed E-state index contributed by atoms with van der Waals surface area (Å²) < 4.78 is 25.3. The van der Waals surface area contributed by atoms with Gasteiger partial charge in [-0.05, 0) is 20.3 Å². The number of nitrogens with one attached hydrogen (secondary N) is 1. The molecule has 0 saturated carbocycles. The summed E-state index contributed by atoms with van der Waals surface area (Å²) in [5.41, 5.74) is 0.297. The van der Waals surface area contributed by atoms with Gasteiger partial charge in [0.25, 0.3) is 0 Å². The van der Waals surface area contributed by atoms with E-state index in [4.69, 9.17) is 0 Å². The van der Waals surface area contributed by atoms with E-state index in [2.05, 4.69) is 15.5 Å². The first-order valence-electron chi connectivity index (χ1n) is 8.45. The monoisotopic (exact) mass is 394 g/mol. The molecule has 0 bridgehead atoms. The third kappa shape index (κ3) is 4.27. The Morgan fingerprint density at radius 1 is 1.31 bits per heavy atom. The molecule has 1 atom stereocenters. The number of hydrogen-bond acceptors (Lipinski definition) is 6. The molecule has 0 aliphatic carbocycles. The molecule has 0 spiro atoms. The average molecular weight is 395 g/mol. The van der Waals surface area contributed by atoms with Crippen molar-refractivity contribution in [2.45, 2.75) is 37.5 Å². The van der Waals surface area contributed by atoms with Crippen LogP contribution in [-0.4, -0.2) is 51.9 Å². The van der Waals surface area contributed by atoms with E-state index < -0.39 is 15.4 Å². The fourth-order valence-corrected chi connectivity index (χ4v) is 5.99. The molecule has 140 valence electrons. The van der Waals surface area contributed by atoms with Gasteiger partial charge in [-0.25, -0.2) is 8.42 Å². The fourth-order valence-electron chi connectivity index (χ4n) is 3.09. The summed E-state index contributed by atoms with van der Waals surface area (Å²) in [6, 6.07) is 9.78. The molecule has 3 rings (SSSR count). The van der Waals surface area contributed by atoms with Crippen LogP contribution in [-0.2, 0) is 21.2 Å². The Morgan fingerprint density at radius 3 is 2.65 bits per heavy atom. The molecule has 1 N–H and O–H groups in total. The Hall–Kier alpha value is -1.87. The van der Waals surface area contributed by atoms with Gasteiger partial charge in [-0.15, -0.1) is 10.2 Å². The maximum atomic E-state index is 12.3. The van der Waals surface area contributed by atoms with Crippen LogP contribution in [0.2, 0.25) is 0 Å². The highest BCUT2D eigenvalue weighted by molar-refractivity contribution is 7.99. The lowest BCUT2D eigenvalue weighted by molar-refractivity contribution is -0.120. The summed E-state index contributed by atoms with van der Waals surface area (Å²) in [7, 11) is -3.05. The van der Waals surface area contributed by atoms with Crippen molar-refractivity contribution in [3.63, 3.8) is 0 Å². The van der Waals surface area contributed by atoms with Crippen molar-refractivity contribution in [2.24, 2.45) is 0 Å². The second-order valence-electron chi connectivity index (χ2n) is 6.66. The molecule has 1 saturated heterocycles. The van der Waals surface area contributed by atoms with Crippen molar-refractivity contribution < 1.29 is 13.2 Å². The van der Waals surface area contributed by atoms with Gasteiger partial charge in [0, 0.05) is 12.1 Å². The molecule has 1 aromatic heterocycles. The highest BCUT2D eigenvalue weighted by Gasteiger charge is 2.39. The smallest absolute Gasteiger partial charge is 0.230 e. The third-order valence-corrected chi connectivity index (χ3v) is 7.21. The van der Waals surface area contributed by atoms with E-state index in [9.17, 15) is 13.2 Å². The second-order valence-corrected chi connectivity index (χ2v) is 9.78. The Bertz CT molecular complexity index is 896. The molecule has 0 radical (unpaired) electrons. The van der Waals surface area contributed by atoms with Crippen LogP contribution in [0.5, 0.6) is 0 Å². The quantitative estimate of drug-likeness (QED) is 0.750. The summed E-state index contributed by atoms with van der Waals surface area (Å²) in [4.78, 5) is 12.3. The zero-order valence-corrected chi connectivity index (χ0v) is 16.4. The van der Waals surface area contributed by atoms with E-state index in [1.165, 1.54) is 11.8 Å². The van der Waals surface area contributed by atoms with E-state index in [0.29, 0.717) is 18.1 Å². The van der Waals surface area contributed by atoms with Gasteiger partial charge in [0.15, 0.2) is 20.8 Å². The number of benzene rings is 1. The molecule has 1 aromatic carbocycles. The number of hydrogen-bond donors (Lipinski definition) is 1. The van der Waals surface area contributed by atoms with E-state index >= 15 is 0 Å². The molecule has 1 unspecified atom stereocenters. The van der Waals surface area contributed by atoms with E-state index in [-0.39, 0.29) is 23.2 Å². The molecule has 1 amide bonds. The lowest BCUT2D eigenvalue weighted by Gasteiger charge is -2.23. The first-order chi connectivity index (χ1) is 12.3. The molecule has 1 aliphatic rings. The number of amides is 1. The first-order valence-corrected chi connectivity index (χ1v) is 11.3. The van der Waals surface area contributed by atoms with Gasteiger partial charge in [0.1, 0.15) is 0 Å². The van der Waals surface area contributed by atoms with Crippen LogP contribution in [0.3, 0.4) is 0 Å². The lowest BCUT2D eigenvalue weighted by Crippen LogP contribution is -2.47. The molecular weight excluding hydrogens is 372 g/mol. The minimum atomic E-state index is -3.05. The average Bonchev–Trinajstić information content (AvgIpc) is 3.13. The Kier molecular flexibility index (Phi) is 5.38. The predicted octanol–water partition coefficient (Wildman–Crippen LogP) is 1.75. The van der Waals surface area contributed by atoms with Gasteiger partial charge in [0.05, 0.1) is 22.8 Å². The van der Waals surface area contributed by atoms with Crippen LogP contribution >= 0.6 is 11.8 Å². The van der Waals surface area contributed by atoms with Crippen molar-refractivity contribution in [2.75, 3.05) is 17.3 Å². The van der Waals surface area contributed by atoms with Gasteiger partial charge in [0.2, 0.25) is 5.91 Å². The van der Waals surface area contributed by atoms with Crippen LogP contribution in [0.15, 0.2) is 35.5 Å². The summed E-state index contributed by atoms with van der Waals surface area (Å²) in [6.45, 7) is 4.48. The molecule has 1 aliphatic heterocycles. The van der Waals surface area contributed by atoms with Gasteiger partial charge >= 0.3 is 0 Å². The number of sulfone groups is 1. The van der Waals surface area contributed by atoms with E-state index in [1.54, 1.807) is 6.92 Å². The second kappa shape index (κ2) is 7.40. The van der Waals surface area contributed by atoms with Gasteiger partial charge in [-0.1, -0.05) is 42.1 Å². The molecule has 2 heterocycles. The Balaban J connectivity index is 1.65. The summed E-state index contributed by atoms with van der Waals surface area (Å²) >= 11 is 1.31. The highest BCUT2D eigenvalue weighted by atomic mass is 32.2. The van der Waals surface area contributed by atoms with Crippen molar-refractivity contribution in [3.8, 4) is 11.4 Å². The summed E-state index contributed by atoms with van der Waals surface area (Å²) in [5, 5.41) is 12.0. The Morgan fingerprint density at radius 2 is 2.04 bits per heavy atom. The van der Waals surface area contributed by atoms with Crippen molar-refractivity contribution in [1.29, 1.82) is 0 Å². The number of aromatic nitrogens is 3. The molecule has 2 aromatic rings. The lowest BCUT2D eigenvalue weighted by atomic mass is 10.0. The number of carbonyl (C=O) groups excluding carboxylic acids is 1. The predicted molar refractivity (Wildman–Crippen MR) is 102 cm³/mol. The van der Waals surface area contributed by atoms with Gasteiger partial charge in [-0.2, -0.15) is 0 Å². The minimum Gasteiger partial charge on any atom is -0.349 e. The zero-order valence-electron chi connectivity index (χ0n) is 14.8. The molecule has 9 heteroatoms. The summed E-state index contributed by atoms with van der Waals surface area (Å²) in [6.07, 6.45) is 0.453. The van der Waals surface area contributed by atoms with Crippen molar-refractivity contribution >= 4 is 27.5 Å². The van der Waals surface area contributed by atoms with Crippen molar-refractivity contribution in [3.05, 3.63) is 30.3 Å². The number of carbonyl (C=O) groups is 1. The number of nitrogens with zero attached hydrogens (tertiary/aromatic N) is 3. The minimum absolute atomic E-state index is 0.000293. The third-order valence-electron chi connectivity index (χ3n) is 4.34. The Labute approximate surface area is 157 Å². The normalized spacial score (nSPS) is 21.6. The van der Waals surface area contributed by atoms with Crippen LogP contribution in [0.25, 0.3) is 11.4 Å². The maximum Gasteiger partial charge on any atom is 0.230 e. The maximum absolute atomic E-state index is 12.3. The standard InChI is InChI=1S/C17H22N4O3S2/c1-3-21-15(13-7-5-4-6-8-13)19-20-16(21)25-11-14(22)18-17(2)9-10-26(23,24)12-17/h4-8H,3,9-12H2,1-2H3,(H,18,22). The van der Waals surface area contributed by atoms with E-state index in [1.807, 2.05) is 41.8 Å². The van der Waals surface area contributed by atoms with Crippen LogP contribution in [0.4, 0.5) is 0 Å². The molecular formula is C17H22N4O3S2. The van der Waals surface area contributed by atoms with E-state index in [0.717, 1.165) is 11.4 Å². The highest BCUT2D eigenvalue weighted by Crippen LogP contribution is 2.25. The molecule has 7 nitrogen and oxygen atoms in total. The fraction of sp³-hybridized carbons (Fsp3) is 0.471. The van der Waals surface area contributed by atoms with Crippen LogP contribution in [0.1, 0.15) is 20.3 Å². The largest absolute Gasteiger partial charge is 0.349 e. The summed E-state index contributed by atoms with van der Waals surface area (Å²) in [5.74, 6) is 0.871. The SMILES string of the molecule is CCn1c(SCC(=O)NC2(C)CCS(=O)(=O)C2)nnc1-c1ccccc1. The van der Waals surface area contributed by atoms with Crippen LogP contribution < -0.4 is 5.32 Å². The van der Waals surface area contributed by atoms with Crippen LogP contribution in [0, 0.1) is 0 Å². The molecule has 26 heavy (non-hydrogen) atoms. The number of thioether (sulfide) groups is 1. The van der Waals surface area contributed by atoms with Gasteiger partial charge < -0.3 is 9.88 Å². The van der Waals surface area contributed by atoms with Crippen molar-refractivity contribution in [1.82, 2.24) is 20.1 Å². The number of rotatable bonds is 6.